The molecule has 6 nitrogen and oxygen atoms in total. The molecule has 0 unspecified atom stereocenters. The van der Waals surface area contributed by atoms with E-state index >= 15 is 0 Å². The average Bonchev–Trinajstić information content (AvgIpc) is 2.85. The van der Waals surface area contributed by atoms with Gasteiger partial charge in [0.1, 0.15) is 0 Å². The Balaban J connectivity index is 2.23. The van der Waals surface area contributed by atoms with Gasteiger partial charge in [-0.25, -0.2) is 9.78 Å². The van der Waals surface area contributed by atoms with Crippen LogP contribution in [-0.2, 0) is 5.88 Å². The largest absolute Gasteiger partial charge is 0.414 e. The summed E-state index contributed by atoms with van der Waals surface area (Å²) in [4.78, 5) is 15.9. The van der Waals surface area contributed by atoms with E-state index in [0.29, 0.717) is 17.0 Å². The van der Waals surface area contributed by atoms with Gasteiger partial charge in [-0.05, 0) is 32.9 Å². The number of nitrogens with one attached hydrogen (secondary N) is 1. The Kier molecular flexibility index (Phi) is 4.47. The molecule has 0 atom stereocenters. The van der Waals surface area contributed by atoms with Gasteiger partial charge in [0.2, 0.25) is 5.88 Å². The number of rotatable bonds is 3. The maximum Gasteiger partial charge on any atom is 0.414 e. The lowest BCUT2D eigenvalue weighted by atomic mass is 10.1. The third-order valence-electron chi connectivity index (χ3n) is 2.40. The molecule has 0 aromatic carbocycles. The van der Waals surface area contributed by atoms with E-state index in [1.165, 1.54) is 6.20 Å². The fraction of sp³-hybridized carbons (Fsp3) is 0.357. The number of amides is 1. The Labute approximate surface area is 127 Å². The smallest absolute Gasteiger partial charge is 0.390 e. The van der Waals surface area contributed by atoms with Gasteiger partial charge in [-0.15, -0.1) is 11.6 Å². The van der Waals surface area contributed by atoms with Crippen molar-refractivity contribution in [3.63, 3.8) is 0 Å². The van der Waals surface area contributed by atoms with Gasteiger partial charge >= 0.3 is 6.09 Å². The third-order valence-corrected chi connectivity index (χ3v) is 2.67. The highest BCUT2D eigenvalue weighted by Crippen LogP contribution is 2.28. The van der Waals surface area contributed by atoms with Gasteiger partial charge in [0, 0.05) is 17.8 Å². The Morgan fingerprint density at radius 1 is 1.48 bits per heavy atom. The molecule has 21 heavy (non-hydrogen) atoms. The molecule has 2 heterocycles. The first kappa shape index (κ1) is 15.3. The minimum atomic E-state index is -0.584. The second-order valence-electron chi connectivity index (χ2n) is 5.44. The molecular weight excluding hydrogens is 294 g/mol. The van der Waals surface area contributed by atoms with Gasteiger partial charge in [-0.1, -0.05) is 5.16 Å². The Bertz CT molecular complexity index is 634. The summed E-state index contributed by atoms with van der Waals surface area (Å²) in [6.07, 6.45) is 0.946. The van der Waals surface area contributed by atoms with E-state index in [1.807, 2.05) is 20.8 Å². The number of hydrogen-bond acceptors (Lipinski definition) is 5. The molecule has 2 aromatic rings. The van der Waals surface area contributed by atoms with E-state index in [2.05, 4.69) is 15.5 Å². The van der Waals surface area contributed by atoms with E-state index < -0.39 is 11.6 Å². The summed E-state index contributed by atoms with van der Waals surface area (Å²) < 4.78 is 10.4. The number of pyridine rings is 1. The maximum absolute atomic E-state index is 11.8. The van der Waals surface area contributed by atoms with Gasteiger partial charge < -0.3 is 14.6 Å². The van der Waals surface area contributed by atoms with Crippen LogP contribution in [0.25, 0.3) is 11.3 Å². The quantitative estimate of drug-likeness (QED) is 0.880. The molecule has 2 aromatic heterocycles. The number of aromatic nitrogens is 2. The summed E-state index contributed by atoms with van der Waals surface area (Å²) in [5.41, 5.74) is 0.732. The lowest BCUT2D eigenvalue weighted by Crippen LogP contribution is -2.42. The first-order chi connectivity index (χ1) is 9.89. The maximum atomic E-state index is 11.8. The first-order valence-electron chi connectivity index (χ1n) is 6.36. The zero-order chi connectivity index (χ0) is 15.5. The highest BCUT2D eigenvalue weighted by molar-refractivity contribution is 6.16. The average molecular weight is 310 g/mol. The predicted molar refractivity (Wildman–Crippen MR) is 78.2 cm³/mol. The topological polar surface area (TPSA) is 77.2 Å². The zero-order valence-corrected chi connectivity index (χ0v) is 12.8. The van der Waals surface area contributed by atoms with Crippen molar-refractivity contribution in [1.82, 2.24) is 15.5 Å². The van der Waals surface area contributed by atoms with Crippen LogP contribution in [0.3, 0.4) is 0 Å². The van der Waals surface area contributed by atoms with Gasteiger partial charge in [0.15, 0.2) is 5.76 Å². The normalized spacial score (nSPS) is 11.2. The molecule has 0 saturated carbocycles. The highest BCUT2D eigenvalue weighted by atomic mass is 35.5. The molecule has 0 aliphatic carbocycles. The molecule has 0 radical (unpaired) electrons. The monoisotopic (exact) mass is 309 g/mol. The van der Waals surface area contributed by atoms with Crippen LogP contribution < -0.4 is 10.1 Å². The van der Waals surface area contributed by atoms with Crippen molar-refractivity contribution in [3.8, 4) is 17.2 Å². The van der Waals surface area contributed by atoms with Crippen molar-refractivity contribution in [3.05, 3.63) is 30.1 Å². The number of ether oxygens (including phenoxy) is 1. The van der Waals surface area contributed by atoms with Crippen LogP contribution in [0.5, 0.6) is 5.88 Å². The molecule has 0 bridgehead atoms. The molecule has 7 heteroatoms. The number of hydrogen-bond donors (Lipinski definition) is 1. The van der Waals surface area contributed by atoms with E-state index in [0.717, 1.165) is 0 Å². The van der Waals surface area contributed by atoms with Crippen molar-refractivity contribution < 1.29 is 14.1 Å². The van der Waals surface area contributed by atoms with Crippen LogP contribution in [0, 0.1) is 0 Å². The van der Waals surface area contributed by atoms with Gasteiger partial charge in [-0.3, -0.25) is 0 Å². The molecular formula is C14H16ClN3O3. The molecule has 2 rings (SSSR count). The molecule has 1 amide bonds. The zero-order valence-electron chi connectivity index (χ0n) is 12.0. The minimum Gasteiger partial charge on any atom is -0.390 e. The summed E-state index contributed by atoms with van der Waals surface area (Å²) in [6.45, 7) is 5.57. The van der Waals surface area contributed by atoms with Crippen molar-refractivity contribution in [2.24, 2.45) is 0 Å². The molecule has 0 aliphatic heterocycles. The SMILES string of the molecule is CC(C)(C)NC(=O)Oc1ncccc1-c1cc(CCl)no1. The van der Waals surface area contributed by atoms with Crippen LogP contribution in [0.1, 0.15) is 26.5 Å². The lowest BCUT2D eigenvalue weighted by Gasteiger charge is -2.19. The Morgan fingerprint density at radius 3 is 2.86 bits per heavy atom. The number of carbonyl (C=O) groups is 1. The van der Waals surface area contributed by atoms with E-state index in [4.69, 9.17) is 20.9 Å². The summed E-state index contributed by atoms with van der Waals surface area (Å²) in [6, 6.07) is 5.12. The van der Waals surface area contributed by atoms with Crippen LogP contribution in [0.4, 0.5) is 4.79 Å². The van der Waals surface area contributed by atoms with Crippen LogP contribution >= 0.6 is 11.6 Å². The molecule has 0 spiro atoms. The van der Waals surface area contributed by atoms with Crippen LogP contribution in [0.2, 0.25) is 0 Å². The van der Waals surface area contributed by atoms with E-state index in [1.54, 1.807) is 18.2 Å². The van der Waals surface area contributed by atoms with E-state index in [-0.39, 0.29) is 11.8 Å². The summed E-state index contributed by atoms with van der Waals surface area (Å²) in [5.74, 6) is 0.832. The van der Waals surface area contributed by atoms with Crippen molar-refractivity contribution >= 4 is 17.7 Å². The highest BCUT2D eigenvalue weighted by Gasteiger charge is 2.19. The van der Waals surface area contributed by atoms with Crippen LogP contribution in [-0.4, -0.2) is 21.8 Å². The number of halogens is 1. The number of carbonyl (C=O) groups excluding carboxylic acids is 1. The standard InChI is InChI=1S/C14H16ClN3O3/c1-14(2,3)17-13(19)20-12-10(5-4-6-16-12)11-7-9(8-15)18-21-11/h4-7H,8H2,1-3H3,(H,17,19). The fourth-order valence-corrected chi connectivity index (χ4v) is 1.71. The van der Waals surface area contributed by atoms with Gasteiger partial charge in [-0.2, -0.15) is 0 Å². The van der Waals surface area contributed by atoms with Gasteiger partial charge in [0.25, 0.3) is 0 Å². The lowest BCUT2D eigenvalue weighted by molar-refractivity contribution is 0.189. The predicted octanol–water partition coefficient (Wildman–Crippen LogP) is 3.36. The fourth-order valence-electron chi connectivity index (χ4n) is 1.58. The second kappa shape index (κ2) is 6.13. The van der Waals surface area contributed by atoms with E-state index in [9.17, 15) is 4.79 Å². The molecule has 0 saturated heterocycles. The molecule has 0 aliphatic rings. The molecule has 1 N–H and O–H groups in total. The van der Waals surface area contributed by atoms with Crippen LogP contribution in [0.15, 0.2) is 28.9 Å². The second-order valence-corrected chi connectivity index (χ2v) is 5.70. The summed E-state index contributed by atoms with van der Waals surface area (Å²) in [5, 5.41) is 6.49. The summed E-state index contributed by atoms with van der Waals surface area (Å²) in [7, 11) is 0. The molecule has 112 valence electrons. The molecule has 0 fully saturated rings. The van der Waals surface area contributed by atoms with Crippen molar-refractivity contribution in [2.75, 3.05) is 0 Å². The number of nitrogens with zero attached hydrogens (tertiary/aromatic N) is 2. The Morgan fingerprint density at radius 2 is 2.24 bits per heavy atom. The summed E-state index contributed by atoms with van der Waals surface area (Å²) >= 11 is 5.69. The third kappa shape index (κ3) is 4.19. The minimum absolute atomic E-state index is 0.150. The van der Waals surface area contributed by atoms with Gasteiger partial charge in [0.05, 0.1) is 17.1 Å². The first-order valence-corrected chi connectivity index (χ1v) is 6.89. The Hall–Kier alpha value is -2.08. The van der Waals surface area contributed by atoms with Crippen molar-refractivity contribution in [1.29, 1.82) is 0 Å². The van der Waals surface area contributed by atoms with Crippen molar-refractivity contribution in [2.45, 2.75) is 32.2 Å². The number of alkyl halides is 1.